The van der Waals surface area contributed by atoms with Gasteiger partial charge in [-0.25, -0.2) is 0 Å². The molecule has 4 rings (SSSR count). The number of carbonyl (C=O) groups is 1. The van der Waals surface area contributed by atoms with Crippen molar-refractivity contribution in [3.63, 3.8) is 0 Å². The van der Waals surface area contributed by atoms with Crippen molar-refractivity contribution < 1.29 is 27.6 Å². The van der Waals surface area contributed by atoms with E-state index in [1.54, 1.807) is 0 Å². The Balaban J connectivity index is 1.51. The van der Waals surface area contributed by atoms with Gasteiger partial charge in [0.05, 0.1) is 24.4 Å². The fourth-order valence-corrected chi connectivity index (χ4v) is 5.88. The first-order valence-corrected chi connectivity index (χ1v) is 9.61. The summed E-state index contributed by atoms with van der Waals surface area (Å²) < 4.78 is 34.9. The van der Waals surface area contributed by atoms with Crippen molar-refractivity contribution in [3.05, 3.63) is 0 Å². The Morgan fingerprint density at radius 1 is 1.18 bits per heavy atom. The van der Waals surface area contributed by atoms with Crippen molar-refractivity contribution in [1.29, 1.82) is 0 Å². The summed E-state index contributed by atoms with van der Waals surface area (Å²) in [6, 6.07) is 0. The molecular formula is C15H24O6S. The molecule has 2 N–H and O–H groups in total. The molecule has 0 spiro atoms. The summed E-state index contributed by atoms with van der Waals surface area (Å²) in [5.74, 6) is 0.341. The molecular weight excluding hydrogens is 308 g/mol. The van der Waals surface area contributed by atoms with Gasteiger partial charge in [0, 0.05) is 0 Å². The van der Waals surface area contributed by atoms with E-state index in [-0.39, 0.29) is 24.4 Å². The van der Waals surface area contributed by atoms with Crippen molar-refractivity contribution in [2.75, 3.05) is 12.4 Å². The summed E-state index contributed by atoms with van der Waals surface area (Å²) >= 11 is 0. The highest BCUT2D eigenvalue weighted by Crippen LogP contribution is 2.62. The molecule has 4 aliphatic rings. The van der Waals surface area contributed by atoms with Crippen LogP contribution in [0.15, 0.2) is 0 Å². The predicted octanol–water partition coefficient (Wildman–Crippen LogP) is 1.53. The Morgan fingerprint density at radius 3 is 2.36 bits per heavy atom. The molecule has 6 nitrogen and oxygen atoms in total. The first-order chi connectivity index (χ1) is 10.2. The molecule has 2 atom stereocenters. The molecule has 0 aromatic rings. The zero-order valence-electron chi connectivity index (χ0n) is 12.7. The van der Waals surface area contributed by atoms with E-state index >= 15 is 0 Å². The number of carbonyl (C=O) groups excluding carboxylic acids is 1. The van der Waals surface area contributed by atoms with Gasteiger partial charge in [0.1, 0.15) is 0 Å². The Labute approximate surface area is 131 Å². The lowest BCUT2D eigenvalue weighted by atomic mass is 9.47. The summed E-state index contributed by atoms with van der Waals surface area (Å²) in [4.78, 5) is 12.0. The van der Waals surface area contributed by atoms with Gasteiger partial charge in [0.25, 0.3) is 10.1 Å². The van der Waals surface area contributed by atoms with Gasteiger partial charge >= 0.3 is 5.97 Å². The van der Waals surface area contributed by atoms with E-state index in [1.165, 1.54) is 6.42 Å². The predicted molar refractivity (Wildman–Crippen MR) is 78.7 cm³/mol. The van der Waals surface area contributed by atoms with Crippen LogP contribution < -0.4 is 0 Å². The van der Waals surface area contributed by atoms with Crippen LogP contribution in [0.1, 0.15) is 51.4 Å². The molecule has 0 aromatic heterocycles. The number of hydrogen-bond donors (Lipinski definition) is 2. The molecule has 0 heterocycles. The van der Waals surface area contributed by atoms with Crippen molar-refractivity contribution in [1.82, 2.24) is 0 Å². The molecule has 7 heteroatoms. The molecule has 126 valence electrons. The number of hydrogen-bond acceptors (Lipinski definition) is 5. The molecule has 4 bridgehead atoms. The maximum Gasteiger partial charge on any atom is 0.306 e. The number of esters is 1. The minimum absolute atomic E-state index is 0.00578. The lowest BCUT2D eigenvalue weighted by Gasteiger charge is -2.60. The minimum atomic E-state index is -4.00. The Hall–Kier alpha value is -0.660. The highest BCUT2D eigenvalue weighted by Gasteiger charge is 2.57. The maximum atomic E-state index is 12.0. The number of aliphatic hydroxyl groups is 1. The van der Waals surface area contributed by atoms with Gasteiger partial charge in [-0.1, -0.05) is 0 Å². The van der Waals surface area contributed by atoms with Gasteiger partial charge in [0.15, 0.2) is 0 Å². The molecule has 2 unspecified atom stereocenters. The largest absolute Gasteiger partial charge is 0.466 e. The van der Waals surface area contributed by atoms with Crippen LogP contribution in [-0.4, -0.2) is 42.0 Å². The lowest BCUT2D eigenvalue weighted by Crippen LogP contribution is -2.56. The quantitative estimate of drug-likeness (QED) is 0.434. The monoisotopic (exact) mass is 332 g/mol. The molecule has 22 heavy (non-hydrogen) atoms. The Kier molecular flexibility index (Phi) is 4.02. The first-order valence-electron chi connectivity index (χ1n) is 8.00. The Bertz CT molecular complexity index is 540. The molecule has 0 amide bonds. The van der Waals surface area contributed by atoms with E-state index in [1.807, 2.05) is 0 Å². The van der Waals surface area contributed by atoms with Gasteiger partial charge in [-0.05, 0) is 62.2 Å². The van der Waals surface area contributed by atoms with Crippen LogP contribution in [0.3, 0.4) is 0 Å². The van der Waals surface area contributed by atoms with Gasteiger partial charge in [-0.3, -0.25) is 9.35 Å². The topological polar surface area (TPSA) is 101 Å². The number of rotatable bonds is 6. The maximum absolute atomic E-state index is 12.0. The summed E-state index contributed by atoms with van der Waals surface area (Å²) in [5.41, 5.74) is -0.714. The summed E-state index contributed by atoms with van der Waals surface area (Å²) in [7, 11) is -4.00. The summed E-state index contributed by atoms with van der Waals surface area (Å²) in [6.45, 7) is 0.00578. The van der Waals surface area contributed by atoms with E-state index < -0.39 is 21.5 Å². The van der Waals surface area contributed by atoms with Crippen molar-refractivity contribution in [3.8, 4) is 0 Å². The van der Waals surface area contributed by atoms with Crippen molar-refractivity contribution in [2.45, 2.75) is 57.0 Å². The van der Waals surface area contributed by atoms with E-state index in [0.717, 1.165) is 25.7 Å². The van der Waals surface area contributed by atoms with Crippen molar-refractivity contribution >= 4 is 16.1 Å². The minimum Gasteiger partial charge on any atom is -0.466 e. The van der Waals surface area contributed by atoms with Crippen LogP contribution in [0.4, 0.5) is 0 Å². The third-order valence-corrected chi connectivity index (χ3v) is 6.28. The van der Waals surface area contributed by atoms with Gasteiger partial charge in [-0.15, -0.1) is 0 Å². The van der Waals surface area contributed by atoms with Crippen LogP contribution in [0.5, 0.6) is 0 Å². The van der Waals surface area contributed by atoms with E-state index in [9.17, 15) is 18.3 Å². The van der Waals surface area contributed by atoms with Gasteiger partial charge in [-0.2, -0.15) is 8.42 Å². The Morgan fingerprint density at radius 2 is 1.82 bits per heavy atom. The summed E-state index contributed by atoms with van der Waals surface area (Å²) in [5, 5.41) is 10.6. The lowest BCUT2D eigenvalue weighted by molar-refractivity contribution is -0.176. The highest BCUT2D eigenvalue weighted by atomic mass is 32.2. The highest BCUT2D eigenvalue weighted by molar-refractivity contribution is 7.85. The average molecular weight is 332 g/mol. The van der Waals surface area contributed by atoms with Crippen LogP contribution in [0.25, 0.3) is 0 Å². The molecule has 0 saturated heterocycles. The standard InChI is InChI=1S/C15H24O6S/c16-13(21-2-1-3-22(18,19)20)9-14-5-11-4-12(6-14)8-15(17,7-11)10-14/h11-12,17H,1-10H2,(H,18,19,20). The molecule has 0 radical (unpaired) electrons. The van der Waals surface area contributed by atoms with Crippen LogP contribution in [0, 0.1) is 17.3 Å². The molecule has 4 saturated carbocycles. The average Bonchev–Trinajstić information content (AvgIpc) is 2.29. The SMILES string of the molecule is O=C(CC12CC3CC(CC(O)(C3)C1)C2)OCCCS(=O)(=O)O. The van der Waals surface area contributed by atoms with Crippen molar-refractivity contribution in [2.24, 2.45) is 17.3 Å². The fourth-order valence-electron chi connectivity index (χ4n) is 5.39. The second kappa shape index (κ2) is 5.46. The zero-order chi connectivity index (χ0) is 16.0. The first kappa shape index (κ1) is 16.2. The third-order valence-electron chi connectivity index (χ3n) is 5.48. The second-order valence-corrected chi connectivity index (χ2v) is 9.29. The molecule has 0 aromatic carbocycles. The third kappa shape index (κ3) is 3.63. The van der Waals surface area contributed by atoms with Crippen LogP contribution in [-0.2, 0) is 19.6 Å². The van der Waals surface area contributed by atoms with Crippen LogP contribution >= 0.6 is 0 Å². The van der Waals surface area contributed by atoms with E-state index in [4.69, 9.17) is 9.29 Å². The zero-order valence-corrected chi connectivity index (χ0v) is 13.5. The molecule has 4 fully saturated rings. The second-order valence-electron chi connectivity index (χ2n) is 7.72. The smallest absolute Gasteiger partial charge is 0.306 e. The summed E-state index contributed by atoms with van der Waals surface area (Å²) in [6.07, 6.45) is 6.00. The number of ether oxygens (including phenoxy) is 1. The molecule has 0 aliphatic heterocycles. The van der Waals surface area contributed by atoms with E-state index in [2.05, 4.69) is 0 Å². The molecule has 4 aliphatic carbocycles. The van der Waals surface area contributed by atoms with E-state index in [0.29, 0.717) is 24.7 Å². The van der Waals surface area contributed by atoms with Gasteiger partial charge < -0.3 is 9.84 Å². The fraction of sp³-hybridized carbons (Fsp3) is 0.933. The normalized spacial score (nSPS) is 39.9. The van der Waals surface area contributed by atoms with Gasteiger partial charge in [0.2, 0.25) is 0 Å². The van der Waals surface area contributed by atoms with Crippen LogP contribution in [0.2, 0.25) is 0 Å².